The quantitative estimate of drug-likeness (QED) is 0.536. The fraction of sp³-hybridized carbons (Fsp3) is 0.0500. The molecule has 0 fully saturated rings. The first kappa shape index (κ1) is 14.9. The van der Waals surface area contributed by atoms with Crippen molar-refractivity contribution in [3.05, 3.63) is 102 Å². The first-order chi connectivity index (χ1) is 11.2. The summed E-state index contributed by atoms with van der Waals surface area (Å²) in [5.41, 5.74) is 1.87. The lowest BCUT2D eigenvalue weighted by atomic mass is 10.1. The van der Waals surface area contributed by atoms with Crippen LogP contribution in [0, 0.1) is 0 Å². The third-order valence-electron chi connectivity index (χ3n) is 3.58. The smallest absolute Gasteiger partial charge is 0.227 e. The minimum absolute atomic E-state index is 0.0138. The molecule has 0 aliphatic heterocycles. The molecule has 0 aliphatic carbocycles. The van der Waals surface area contributed by atoms with Gasteiger partial charge in [0.15, 0.2) is 18.2 Å². The van der Waals surface area contributed by atoms with Gasteiger partial charge in [0.05, 0.1) is 5.56 Å². The highest BCUT2D eigenvalue weighted by atomic mass is 16.1. The number of nitrogens with zero attached hydrogens (tertiary/aromatic N) is 1. The second-order valence-corrected chi connectivity index (χ2v) is 5.25. The standard InChI is InChI=1S/C20H16NO2/c22-19(16-8-3-1-4-9-16)15-21-13-7-12-18(14-21)20(23)17-10-5-2-6-11-17/h1-14H,15H2/q+1. The van der Waals surface area contributed by atoms with Crippen molar-refractivity contribution in [1.82, 2.24) is 0 Å². The average Bonchev–Trinajstić information content (AvgIpc) is 2.63. The number of carbonyl (C=O) groups excluding carboxylic acids is 2. The Morgan fingerprint density at radius 2 is 1.26 bits per heavy atom. The van der Waals surface area contributed by atoms with Gasteiger partial charge in [-0.3, -0.25) is 9.59 Å². The molecule has 3 heteroatoms. The maximum atomic E-state index is 12.5. The average molecular weight is 302 g/mol. The van der Waals surface area contributed by atoms with E-state index in [0.717, 1.165) is 0 Å². The Labute approximate surface area is 134 Å². The van der Waals surface area contributed by atoms with Crippen LogP contribution in [0.4, 0.5) is 0 Å². The molecular formula is C20H16NO2+. The molecule has 0 saturated heterocycles. The van der Waals surface area contributed by atoms with E-state index in [1.807, 2.05) is 36.4 Å². The monoisotopic (exact) mass is 302 g/mol. The van der Waals surface area contributed by atoms with Crippen LogP contribution in [-0.2, 0) is 6.54 Å². The molecule has 3 nitrogen and oxygen atoms in total. The van der Waals surface area contributed by atoms with Gasteiger partial charge in [-0.1, -0.05) is 60.7 Å². The molecule has 1 heterocycles. The Bertz CT molecular complexity index is 827. The van der Waals surface area contributed by atoms with E-state index in [1.54, 1.807) is 53.4 Å². The molecule has 1 aromatic heterocycles. The first-order valence-electron chi connectivity index (χ1n) is 7.41. The van der Waals surface area contributed by atoms with Crippen molar-refractivity contribution in [2.75, 3.05) is 0 Å². The number of carbonyl (C=O) groups is 2. The van der Waals surface area contributed by atoms with Crippen molar-refractivity contribution >= 4 is 11.6 Å². The maximum Gasteiger partial charge on any atom is 0.227 e. The summed E-state index contributed by atoms with van der Waals surface area (Å²) >= 11 is 0. The van der Waals surface area contributed by atoms with E-state index < -0.39 is 0 Å². The number of ketones is 2. The molecule has 0 bridgehead atoms. The third-order valence-corrected chi connectivity index (χ3v) is 3.58. The Kier molecular flexibility index (Phi) is 4.39. The Hall–Kier alpha value is -3.07. The molecule has 2 aromatic carbocycles. The minimum atomic E-state index is -0.0490. The predicted octanol–water partition coefficient (Wildman–Crippen LogP) is 3.09. The second-order valence-electron chi connectivity index (χ2n) is 5.25. The highest BCUT2D eigenvalue weighted by Crippen LogP contribution is 2.07. The van der Waals surface area contributed by atoms with Crippen LogP contribution >= 0.6 is 0 Å². The summed E-state index contributed by atoms with van der Waals surface area (Å²) in [4.78, 5) is 24.7. The normalized spacial score (nSPS) is 10.3. The van der Waals surface area contributed by atoms with Crippen molar-refractivity contribution in [2.45, 2.75) is 6.54 Å². The Balaban J connectivity index is 1.80. The first-order valence-corrected chi connectivity index (χ1v) is 7.41. The fourth-order valence-corrected chi connectivity index (χ4v) is 2.39. The maximum absolute atomic E-state index is 12.5. The van der Waals surface area contributed by atoms with Crippen molar-refractivity contribution < 1.29 is 14.2 Å². The van der Waals surface area contributed by atoms with E-state index in [2.05, 4.69) is 0 Å². The summed E-state index contributed by atoms with van der Waals surface area (Å²) < 4.78 is 1.74. The van der Waals surface area contributed by atoms with E-state index in [-0.39, 0.29) is 18.1 Å². The zero-order chi connectivity index (χ0) is 16.1. The number of Topliss-reactive ketones (excluding diaryl/α,β-unsaturated/α-hetero) is 1. The lowest BCUT2D eigenvalue weighted by Gasteiger charge is -2.01. The van der Waals surface area contributed by atoms with Gasteiger partial charge < -0.3 is 0 Å². The van der Waals surface area contributed by atoms with Crippen LogP contribution in [0.1, 0.15) is 26.3 Å². The molecule has 0 atom stereocenters. The predicted molar refractivity (Wildman–Crippen MR) is 87.3 cm³/mol. The Morgan fingerprint density at radius 1 is 0.696 bits per heavy atom. The third kappa shape index (κ3) is 3.58. The number of rotatable bonds is 5. The number of aromatic nitrogens is 1. The van der Waals surface area contributed by atoms with Crippen LogP contribution in [0.2, 0.25) is 0 Å². The van der Waals surface area contributed by atoms with Crippen LogP contribution in [-0.4, -0.2) is 11.6 Å². The van der Waals surface area contributed by atoms with E-state index in [9.17, 15) is 9.59 Å². The highest BCUT2D eigenvalue weighted by molar-refractivity contribution is 6.08. The molecule has 0 amide bonds. The van der Waals surface area contributed by atoms with Gasteiger partial charge >= 0.3 is 0 Å². The van der Waals surface area contributed by atoms with Crippen LogP contribution < -0.4 is 4.57 Å². The van der Waals surface area contributed by atoms with Crippen molar-refractivity contribution in [3.63, 3.8) is 0 Å². The lowest BCUT2D eigenvalue weighted by Crippen LogP contribution is -2.38. The largest absolute Gasteiger partial charge is 0.288 e. The van der Waals surface area contributed by atoms with Gasteiger partial charge in [-0.05, 0) is 6.07 Å². The molecule has 0 radical (unpaired) electrons. The van der Waals surface area contributed by atoms with Crippen molar-refractivity contribution in [2.24, 2.45) is 0 Å². The van der Waals surface area contributed by atoms with E-state index in [4.69, 9.17) is 0 Å². The van der Waals surface area contributed by atoms with Gasteiger partial charge in [0.25, 0.3) is 0 Å². The molecule has 0 unspecified atom stereocenters. The lowest BCUT2D eigenvalue weighted by molar-refractivity contribution is -0.683. The molecule has 23 heavy (non-hydrogen) atoms. The number of hydrogen-bond acceptors (Lipinski definition) is 2. The second kappa shape index (κ2) is 6.79. The molecule has 3 aromatic rings. The summed E-state index contributed by atoms with van der Waals surface area (Å²) in [6.45, 7) is 0.208. The number of pyridine rings is 1. The summed E-state index contributed by atoms with van der Waals surface area (Å²) in [6, 6.07) is 21.8. The molecule has 0 saturated carbocycles. The van der Waals surface area contributed by atoms with Gasteiger partial charge in [-0.15, -0.1) is 0 Å². The number of benzene rings is 2. The molecule has 3 rings (SSSR count). The van der Waals surface area contributed by atoms with Crippen LogP contribution in [0.25, 0.3) is 0 Å². The van der Waals surface area contributed by atoms with Crippen molar-refractivity contribution in [1.29, 1.82) is 0 Å². The minimum Gasteiger partial charge on any atom is -0.288 e. The molecule has 0 N–H and O–H groups in total. The van der Waals surface area contributed by atoms with Gasteiger partial charge in [0.2, 0.25) is 12.3 Å². The molecular weight excluding hydrogens is 286 g/mol. The summed E-state index contributed by atoms with van der Waals surface area (Å²) in [5, 5.41) is 0. The van der Waals surface area contributed by atoms with Crippen LogP contribution in [0.3, 0.4) is 0 Å². The van der Waals surface area contributed by atoms with E-state index >= 15 is 0 Å². The zero-order valence-electron chi connectivity index (χ0n) is 12.6. The van der Waals surface area contributed by atoms with E-state index in [1.165, 1.54) is 0 Å². The highest BCUT2D eigenvalue weighted by Gasteiger charge is 2.15. The summed E-state index contributed by atoms with van der Waals surface area (Å²) in [5.74, 6) is -0.0352. The van der Waals surface area contributed by atoms with Crippen molar-refractivity contribution in [3.8, 4) is 0 Å². The van der Waals surface area contributed by atoms with Gasteiger partial charge in [-0.2, -0.15) is 4.57 Å². The van der Waals surface area contributed by atoms with Gasteiger partial charge in [0, 0.05) is 17.2 Å². The fourth-order valence-electron chi connectivity index (χ4n) is 2.39. The summed E-state index contributed by atoms with van der Waals surface area (Å²) in [7, 11) is 0. The van der Waals surface area contributed by atoms with Crippen LogP contribution in [0.15, 0.2) is 85.2 Å². The van der Waals surface area contributed by atoms with Gasteiger partial charge in [0.1, 0.15) is 0 Å². The van der Waals surface area contributed by atoms with Crippen LogP contribution in [0.5, 0.6) is 0 Å². The topological polar surface area (TPSA) is 38.0 Å². The Morgan fingerprint density at radius 3 is 1.91 bits per heavy atom. The van der Waals surface area contributed by atoms with Gasteiger partial charge in [-0.25, -0.2) is 0 Å². The summed E-state index contributed by atoms with van der Waals surface area (Å²) in [6.07, 6.45) is 3.51. The molecule has 112 valence electrons. The van der Waals surface area contributed by atoms with E-state index in [0.29, 0.717) is 16.7 Å². The molecule has 0 aliphatic rings. The molecule has 0 spiro atoms. The number of hydrogen-bond donors (Lipinski definition) is 0. The SMILES string of the molecule is O=C(C[n+]1cccc(C(=O)c2ccccc2)c1)c1ccccc1. The zero-order valence-corrected chi connectivity index (χ0v) is 12.6.